The highest BCUT2D eigenvalue weighted by atomic mass is 16.2. The van der Waals surface area contributed by atoms with Crippen molar-refractivity contribution in [3.8, 4) is 0 Å². The number of nitrogens with one attached hydrogen (secondary N) is 2. The minimum atomic E-state index is -0.697. The number of amides is 2. The van der Waals surface area contributed by atoms with Crippen molar-refractivity contribution in [1.29, 1.82) is 0 Å². The molecule has 0 unspecified atom stereocenters. The first-order valence-electron chi connectivity index (χ1n) is 9.42. The van der Waals surface area contributed by atoms with Crippen LogP contribution in [0.3, 0.4) is 0 Å². The molecule has 0 aliphatic carbocycles. The molecule has 0 saturated heterocycles. The summed E-state index contributed by atoms with van der Waals surface area (Å²) >= 11 is 0. The molecule has 0 fully saturated rings. The molecule has 4 nitrogen and oxygen atoms in total. The number of unbranched alkanes of at least 4 members (excludes halogenated alkanes) is 4. The highest BCUT2D eigenvalue weighted by Crippen LogP contribution is 2.17. The third-order valence-electron chi connectivity index (χ3n) is 4.31. The van der Waals surface area contributed by atoms with Gasteiger partial charge < -0.3 is 10.6 Å². The first kappa shape index (κ1) is 19.7. The summed E-state index contributed by atoms with van der Waals surface area (Å²) in [6, 6.07) is 18.5. The normalized spacial score (nSPS) is 10.5. The SMILES string of the molecule is CCCCCCCC(C(=O)Nc1ccccc1)C(=O)Nc1ccccc1. The van der Waals surface area contributed by atoms with E-state index < -0.39 is 5.92 Å². The van der Waals surface area contributed by atoms with Gasteiger partial charge >= 0.3 is 0 Å². The molecule has 2 aromatic rings. The molecule has 0 aliphatic rings. The van der Waals surface area contributed by atoms with Gasteiger partial charge in [-0.1, -0.05) is 75.4 Å². The summed E-state index contributed by atoms with van der Waals surface area (Å²) in [6.45, 7) is 2.17. The van der Waals surface area contributed by atoms with Gasteiger partial charge in [-0.15, -0.1) is 0 Å². The number of anilines is 2. The summed E-state index contributed by atoms with van der Waals surface area (Å²) in [7, 11) is 0. The smallest absolute Gasteiger partial charge is 0.236 e. The number of para-hydroxylation sites is 2. The second kappa shape index (κ2) is 11.1. The Hall–Kier alpha value is -2.62. The van der Waals surface area contributed by atoms with E-state index in [4.69, 9.17) is 0 Å². The lowest BCUT2D eigenvalue weighted by Gasteiger charge is -2.17. The van der Waals surface area contributed by atoms with Crippen LogP contribution in [0.5, 0.6) is 0 Å². The van der Waals surface area contributed by atoms with Crippen molar-refractivity contribution >= 4 is 23.2 Å². The van der Waals surface area contributed by atoms with E-state index in [9.17, 15) is 9.59 Å². The van der Waals surface area contributed by atoms with E-state index in [1.165, 1.54) is 12.8 Å². The maximum Gasteiger partial charge on any atom is 0.236 e. The molecule has 26 heavy (non-hydrogen) atoms. The number of carbonyl (C=O) groups is 2. The molecule has 2 N–H and O–H groups in total. The predicted molar refractivity (Wildman–Crippen MR) is 107 cm³/mol. The summed E-state index contributed by atoms with van der Waals surface area (Å²) in [4.78, 5) is 25.4. The van der Waals surface area contributed by atoms with E-state index in [1.807, 2.05) is 60.7 Å². The van der Waals surface area contributed by atoms with Crippen LogP contribution < -0.4 is 10.6 Å². The van der Waals surface area contributed by atoms with Crippen molar-refractivity contribution in [2.24, 2.45) is 5.92 Å². The molecule has 0 heterocycles. The van der Waals surface area contributed by atoms with Gasteiger partial charge in [0.15, 0.2) is 0 Å². The van der Waals surface area contributed by atoms with Crippen molar-refractivity contribution in [2.75, 3.05) is 10.6 Å². The van der Waals surface area contributed by atoms with E-state index in [0.29, 0.717) is 17.8 Å². The highest BCUT2D eigenvalue weighted by molar-refractivity contribution is 6.10. The lowest BCUT2D eigenvalue weighted by molar-refractivity contribution is -0.129. The van der Waals surface area contributed by atoms with Crippen LogP contribution in [-0.4, -0.2) is 11.8 Å². The van der Waals surface area contributed by atoms with Crippen LogP contribution in [0.1, 0.15) is 45.4 Å². The van der Waals surface area contributed by atoms with Gasteiger partial charge in [0.25, 0.3) is 0 Å². The molecule has 0 bridgehead atoms. The quantitative estimate of drug-likeness (QED) is 0.454. The van der Waals surface area contributed by atoms with Crippen LogP contribution in [-0.2, 0) is 9.59 Å². The van der Waals surface area contributed by atoms with Gasteiger partial charge in [0, 0.05) is 11.4 Å². The molecule has 0 saturated carbocycles. The van der Waals surface area contributed by atoms with Gasteiger partial charge in [-0.05, 0) is 30.7 Å². The molecule has 0 atom stereocenters. The van der Waals surface area contributed by atoms with Crippen molar-refractivity contribution in [2.45, 2.75) is 45.4 Å². The van der Waals surface area contributed by atoms with Gasteiger partial charge in [-0.25, -0.2) is 0 Å². The standard InChI is InChI=1S/C22H28N2O2/c1-2-3-4-5-12-17-20(21(25)23-18-13-8-6-9-14-18)22(26)24-19-15-10-7-11-16-19/h6-11,13-16,20H,2-5,12,17H2,1H3,(H,23,25)(H,24,26). The molecule has 2 rings (SSSR count). The Morgan fingerprint density at radius 1 is 0.731 bits per heavy atom. The lowest BCUT2D eigenvalue weighted by Crippen LogP contribution is -2.34. The van der Waals surface area contributed by atoms with Crippen LogP contribution in [0.4, 0.5) is 11.4 Å². The molecule has 0 aliphatic heterocycles. The van der Waals surface area contributed by atoms with Gasteiger partial charge in [-0.2, -0.15) is 0 Å². The molecule has 0 radical (unpaired) electrons. The summed E-state index contributed by atoms with van der Waals surface area (Å²) in [5.41, 5.74) is 1.42. The van der Waals surface area contributed by atoms with Crippen LogP contribution in [0.25, 0.3) is 0 Å². The molecule has 2 amide bonds. The van der Waals surface area contributed by atoms with Crippen LogP contribution in [0.2, 0.25) is 0 Å². The zero-order valence-corrected chi connectivity index (χ0v) is 15.4. The van der Waals surface area contributed by atoms with E-state index in [2.05, 4.69) is 17.6 Å². The van der Waals surface area contributed by atoms with Gasteiger partial charge in [0.1, 0.15) is 5.92 Å². The minimum Gasteiger partial charge on any atom is -0.325 e. The Bertz CT molecular complexity index is 618. The number of hydrogen-bond acceptors (Lipinski definition) is 2. The Balaban J connectivity index is 1.99. The topological polar surface area (TPSA) is 58.2 Å². The van der Waals surface area contributed by atoms with Gasteiger partial charge in [0.2, 0.25) is 11.8 Å². The fourth-order valence-electron chi connectivity index (χ4n) is 2.83. The first-order chi connectivity index (χ1) is 12.7. The number of hydrogen-bond donors (Lipinski definition) is 2. The number of carbonyl (C=O) groups excluding carboxylic acids is 2. The minimum absolute atomic E-state index is 0.250. The first-order valence-corrected chi connectivity index (χ1v) is 9.42. The van der Waals surface area contributed by atoms with Crippen LogP contribution >= 0.6 is 0 Å². The maximum absolute atomic E-state index is 12.7. The Morgan fingerprint density at radius 2 is 1.19 bits per heavy atom. The fourth-order valence-corrected chi connectivity index (χ4v) is 2.83. The third-order valence-corrected chi connectivity index (χ3v) is 4.31. The van der Waals surface area contributed by atoms with Crippen LogP contribution in [0, 0.1) is 5.92 Å². The molecule has 2 aromatic carbocycles. The van der Waals surface area contributed by atoms with Gasteiger partial charge in [-0.3, -0.25) is 9.59 Å². The highest BCUT2D eigenvalue weighted by Gasteiger charge is 2.26. The zero-order valence-electron chi connectivity index (χ0n) is 15.4. The average Bonchev–Trinajstić information content (AvgIpc) is 2.66. The number of benzene rings is 2. The second-order valence-electron chi connectivity index (χ2n) is 6.47. The predicted octanol–water partition coefficient (Wildman–Crippen LogP) is 5.24. The lowest BCUT2D eigenvalue weighted by atomic mass is 9.98. The maximum atomic E-state index is 12.7. The van der Waals surface area contributed by atoms with E-state index >= 15 is 0 Å². The monoisotopic (exact) mass is 352 g/mol. The second-order valence-corrected chi connectivity index (χ2v) is 6.47. The summed E-state index contributed by atoms with van der Waals surface area (Å²) in [5, 5.41) is 5.72. The Labute approximate surface area is 156 Å². The Kier molecular flexibility index (Phi) is 8.40. The van der Waals surface area contributed by atoms with Crippen molar-refractivity contribution < 1.29 is 9.59 Å². The number of rotatable bonds is 10. The molecule has 138 valence electrons. The third kappa shape index (κ3) is 6.71. The molecular weight excluding hydrogens is 324 g/mol. The van der Waals surface area contributed by atoms with Crippen LogP contribution in [0.15, 0.2) is 60.7 Å². The summed E-state index contributed by atoms with van der Waals surface area (Å²) in [5.74, 6) is -1.20. The zero-order chi connectivity index (χ0) is 18.6. The summed E-state index contributed by atoms with van der Waals surface area (Å²) in [6.07, 6.45) is 5.98. The van der Waals surface area contributed by atoms with Crippen molar-refractivity contribution in [3.05, 3.63) is 60.7 Å². The molecule has 4 heteroatoms. The largest absolute Gasteiger partial charge is 0.325 e. The molecule has 0 aromatic heterocycles. The summed E-state index contributed by atoms with van der Waals surface area (Å²) < 4.78 is 0. The van der Waals surface area contributed by atoms with Gasteiger partial charge in [0.05, 0.1) is 0 Å². The fraction of sp³-hybridized carbons (Fsp3) is 0.364. The molecular formula is C22H28N2O2. The molecule has 0 spiro atoms. The Morgan fingerprint density at radius 3 is 1.65 bits per heavy atom. The van der Waals surface area contributed by atoms with E-state index in [0.717, 1.165) is 19.3 Å². The average molecular weight is 352 g/mol. The van der Waals surface area contributed by atoms with Crippen molar-refractivity contribution in [1.82, 2.24) is 0 Å². The van der Waals surface area contributed by atoms with Crippen molar-refractivity contribution in [3.63, 3.8) is 0 Å². The van der Waals surface area contributed by atoms with E-state index in [1.54, 1.807) is 0 Å². The van der Waals surface area contributed by atoms with E-state index in [-0.39, 0.29) is 11.8 Å².